The number of nitrogens with zero attached hydrogens (tertiary/aromatic N) is 4. The normalized spacial score (nSPS) is 10.1. The van der Waals surface area contributed by atoms with Gasteiger partial charge in [-0.05, 0) is 6.92 Å². The van der Waals surface area contributed by atoms with Gasteiger partial charge in [0.05, 0.1) is 12.3 Å². The average Bonchev–Trinajstić information content (AvgIpc) is 2.49. The van der Waals surface area contributed by atoms with E-state index in [9.17, 15) is 0 Å². The Morgan fingerprint density at radius 3 is 1.75 bits per heavy atom. The van der Waals surface area contributed by atoms with E-state index in [1.165, 1.54) is 18.6 Å². The fourth-order valence-electron chi connectivity index (χ4n) is 0.893. The summed E-state index contributed by atoms with van der Waals surface area (Å²) in [6.45, 7) is 1.59. The molecule has 0 aliphatic carbocycles. The van der Waals surface area contributed by atoms with Crippen LogP contribution in [-0.4, -0.2) is 25.0 Å². The van der Waals surface area contributed by atoms with Crippen molar-refractivity contribution in [2.24, 2.45) is 0 Å². The second kappa shape index (κ2) is 21.2. The van der Waals surface area contributed by atoms with Crippen LogP contribution in [0.3, 0.4) is 0 Å². The first kappa shape index (κ1) is 29.7. The number of aromatic nitrogens is 4. The fraction of sp³-hybridized carbons (Fsp3) is 0.200. The molecule has 2 rings (SSSR count). The first-order valence-corrected chi connectivity index (χ1v) is 28.8. The molecule has 0 aliphatic rings. The molecule has 0 amide bonds. The van der Waals surface area contributed by atoms with Crippen LogP contribution in [-0.2, 0) is 14.4 Å². The quantitative estimate of drug-likeness (QED) is 0.321. The predicted molar refractivity (Wildman–Crippen MR) is 135 cm³/mol. The number of rotatable bonds is 1. The third kappa shape index (κ3) is 21.8. The fourth-order valence-corrected chi connectivity index (χ4v) is 1.27. The first-order chi connectivity index (χ1) is 11.3. The molecule has 24 heavy (non-hydrogen) atoms. The Balaban J connectivity index is 0. The van der Waals surface area contributed by atoms with E-state index in [4.69, 9.17) is 28.3 Å². The molecule has 1 N–H and O–H groups in total. The summed E-state index contributed by atoms with van der Waals surface area (Å²) in [5, 5.41) is 9.71. The van der Waals surface area contributed by atoms with E-state index < -0.39 is 6.10 Å². The SMILES string of the molecule is CC(O)c1nccnc1Cl.Clc1cnccn1.[I][V]([I])[I].[I][V][I]. The van der Waals surface area contributed by atoms with Gasteiger partial charge < -0.3 is 5.11 Å². The van der Waals surface area contributed by atoms with E-state index in [0.717, 1.165) is 0 Å². The maximum absolute atomic E-state index is 9.02. The van der Waals surface area contributed by atoms with Crippen molar-refractivity contribution >= 4 is 123 Å². The molecular weight excluding hydrogens is 999 g/mol. The van der Waals surface area contributed by atoms with Crippen molar-refractivity contribution in [1.29, 1.82) is 0 Å². The Morgan fingerprint density at radius 2 is 1.50 bits per heavy atom. The zero-order valence-electron chi connectivity index (χ0n) is 11.7. The van der Waals surface area contributed by atoms with Crippen LogP contribution in [0.25, 0.3) is 0 Å². The van der Waals surface area contributed by atoms with Crippen LogP contribution in [0, 0.1) is 0 Å². The Kier molecular flexibility index (Phi) is 26.3. The van der Waals surface area contributed by atoms with E-state index in [2.05, 4.69) is 120 Å². The molecule has 5 nitrogen and oxygen atoms in total. The molecule has 2 heterocycles. The predicted octanol–water partition coefficient (Wildman–Crippen LogP) is 6.74. The number of aliphatic hydroxyl groups is 1. The first-order valence-electron chi connectivity index (χ1n) is 5.51. The number of hydrogen-bond donors (Lipinski definition) is 1. The van der Waals surface area contributed by atoms with E-state index in [1.54, 1.807) is 19.3 Å². The van der Waals surface area contributed by atoms with Crippen LogP contribution in [0.2, 0.25) is 10.3 Å². The van der Waals surface area contributed by atoms with Crippen LogP contribution < -0.4 is 0 Å². The second-order valence-corrected chi connectivity index (χ2v) is 51.1. The van der Waals surface area contributed by atoms with Gasteiger partial charge in [-0.1, -0.05) is 23.2 Å². The molecule has 1 unspecified atom stereocenters. The van der Waals surface area contributed by atoms with Gasteiger partial charge in [0.2, 0.25) is 0 Å². The van der Waals surface area contributed by atoms with Crippen molar-refractivity contribution in [2.75, 3.05) is 0 Å². The number of halogens is 7. The molecule has 0 saturated heterocycles. The molecule has 135 valence electrons. The van der Waals surface area contributed by atoms with Gasteiger partial charge in [0.15, 0.2) is 5.15 Å². The number of hydrogen-bond acceptors (Lipinski definition) is 5. The van der Waals surface area contributed by atoms with Crippen molar-refractivity contribution in [1.82, 2.24) is 19.9 Å². The van der Waals surface area contributed by atoms with E-state index >= 15 is 0 Å². The van der Waals surface area contributed by atoms with Crippen LogP contribution in [0.15, 0.2) is 31.0 Å². The van der Waals surface area contributed by atoms with Gasteiger partial charge >= 0.3 is 114 Å². The summed E-state index contributed by atoms with van der Waals surface area (Å²) in [5.74, 6) is 0. The summed E-state index contributed by atoms with van der Waals surface area (Å²) >= 11 is 23.1. The zero-order chi connectivity index (χ0) is 19.0. The molecular formula is C10H10Cl2I5N4OV2. The van der Waals surface area contributed by atoms with Crippen molar-refractivity contribution in [3.8, 4) is 0 Å². The van der Waals surface area contributed by atoms with Gasteiger partial charge in [0, 0.05) is 24.8 Å². The van der Waals surface area contributed by atoms with Crippen LogP contribution in [0.4, 0.5) is 0 Å². The van der Waals surface area contributed by atoms with E-state index in [-0.39, 0.29) is 10.1 Å². The Hall–Kier alpha value is 3.52. The minimum atomic E-state index is -0.652. The van der Waals surface area contributed by atoms with Crippen molar-refractivity contribution in [3.63, 3.8) is 0 Å². The molecule has 0 fully saturated rings. The van der Waals surface area contributed by atoms with Gasteiger partial charge in [0.25, 0.3) is 0 Å². The standard InChI is InChI=1S/C6H7ClN2O.C4H3ClN2.5HI.2V/c1-4(10)5-6(7)9-3-2-8-5;5-4-3-6-1-2-7-4;;;;;;;/h2-4,10H,1H3;1-3H;5*1H;;/q;;;;;;;+2;+3/p-5. The van der Waals surface area contributed by atoms with Gasteiger partial charge in [0.1, 0.15) is 10.8 Å². The topological polar surface area (TPSA) is 71.8 Å². The summed E-state index contributed by atoms with van der Waals surface area (Å²) in [6, 6.07) is 0. The summed E-state index contributed by atoms with van der Waals surface area (Å²) in [5.41, 5.74) is 0.421. The Labute approximate surface area is 218 Å². The second-order valence-electron chi connectivity index (χ2n) is 3.19. The molecule has 0 aliphatic heterocycles. The van der Waals surface area contributed by atoms with E-state index in [1.807, 2.05) is 0 Å². The molecule has 0 radical (unpaired) electrons. The Bertz CT molecular complexity index is 531. The molecule has 0 spiro atoms. The summed E-state index contributed by atoms with van der Waals surface area (Å²) in [6.07, 6.45) is 6.93. The van der Waals surface area contributed by atoms with Gasteiger partial charge in [-0.25, -0.2) is 9.97 Å². The van der Waals surface area contributed by atoms with Crippen LogP contribution in [0.1, 0.15) is 18.7 Å². The third-order valence-corrected chi connectivity index (χ3v) is 2.09. The molecule has 2 aromatic heterocycles. The van der Waals surface area contributed by atoms with E-state index in [0.29, 0.717) is 20.3 Å². The van der Waals surface area contributed by atoms with Crippen molar-refractivity contribution < 1.29 is 19.5 Å². The van der Waals surface area contributed by atoms with Gasteiger partial charge in [-0.15, -0.1) is 0 Å². The monoisotopic (exact) mass is 1010 g/mol. The van der Waals surface area contributed by atoms with Gasteiger partial charge in [-0.2, -0.15) is 0 Å². The minimum absolute atomic E-state index is 0.262. The average molecular weight is 1010 g/mol. The van der Waals surface area contributed by atoms with Crippen molar-refractivity contribution in [3.05, 3.63) is 47.0 Å². The van der Waals surface area contributed by atoms with Crippen molar-refractivity contribution in [2.45, 2.75) is 13.0 Å². The van der Waals surface area contributed by atoms with Crippen LogP contribution in [0.5, 0.6) is 0 Å². The number of aliphatic hydroxyl groups excluding tert-OH is 1. The zero-order valence-corrected chi connectivity index (χ0v) is 26.8. The molecule has 0 saturated carbocycles. The summed E-state index contributed by atoms with van der Waals surface area (Å²) in [4.78, 5) is 14.7. The summed E-state index contributed by atoms with van der Waals surface area (Å²) in [7, 11) is 0.628. The molecule has 14 heteroatoms. The third-order valence-electron chi connectivity index (χ3n) is 1.61. The Morgan fingerprint density at radius 1 is 1.04 bits per heavy atom. The molecule has 0 aromatic carbocycles. The molecule has 0 bridgehead atoms. The molecule has 1 atom stereocenters. The van der Waals surface area contributed by atoms with Gasteiger partial charge in [-0.3, -0.25) is 9.97 Å². The summed E-state index contributed by atoms with van der Waals surface area (Å²) < 4.78 is 0. The van der Waals surface area contributed by atoms with Crippen LogP contribution >= 0.6 is 123 Å². The molecule has 2 aromatic rings. The maximum atomic E-state index is 9.02.